The fourth-order valence-corrected chi connectivity index (χ4v) is 18.4. The molecule has 156 valence electrons. The molecule has 1 aromatic rings. The van der Waals surface area contributed by atoms with Gasteiger partial charge in [-0.15, -0.1) is 0 Å². The average Bonchev–Trinajstić information content (AvgIpc) is 2.75. The summed E-state index contributed by atoms with van der Waals surface area (Å²) >= 11 is 0. The number of benzene rings is 1. The van der Waals surface area contributed by atoms with Crippen molar-refractivity contribution in [3.05, 3.63) is 41.5 Å². The van der Waals surface area contributed by atoms with E-state index in [9.17, 15) is 0 Å². The molecule has 0 saturated carbocycles. The van der Waals surface area contributed by atoms with Crippen LogP contribution in [0.3, 0.4) is 0 Å². The molecule has 0 radical (unpaired) electrons. The third-order valence-corrected chi connectivity index (χ3v) is 14.7. The molecule has 2 heteroatoms. The molecule has 1 aliphatic carbocycles. The van der Waals surface area contributed by atoms with Gasteiger partial charge in [-0.2, -0.15) is 0 Å². The van der Waals surface area contributed by atoms with E-state index < -0.39 is 7.26 Å². The largest absolute Gasteiger partial charge is 0.130 e. The van der Waals surface area contributed by atoms with Gasteiger partial charge in [0.05, 0.1) is 15.5 Å². The van der Waals surface area contributed by atoms with Crippen LogP contribution in [0, 0.1) is 5.41 Å². The summed E-state index contributed by atoms with van der Waals surface area (Å²) in [7, 11) is -1.67. The van der Waals surface area contributed by atoms with Crippen molar-refractivity contribution >= 4 is 13.3 Å². The number of rotatable bonds is 1. The summed E-state index contributed by atoms with van der Waals surface area (Å²) in [4.78, 5) is 0. The Kier molecular flexibility index (Phi) is 6.58. The third kappa shape index (κ3) is 3.25. The van der Waals surface area contributed by atoms with Gasteiger partial charge in [0.15, 0.2) is 0 Å². The first-order valence-electron chi connectivity index (χ1n) is 10.1. The van der Waals surface area contributed by atoms with Gasteiger partial charge in [-0.05, 0) is 74.0 Å². The monoisotopic (exact) mass is 479 g/mol. The molecule has 2 rings (SSSR count). The number of allylic oxidation sites excluding steroid dienone is 1. The summed E-state index contributed by atoms with van der Waals surface area (Å²) in [6.45, 7) is 30.0. The van der Waals surface area contributed by atoms with Crippen LogP contribution in [0.2, 0.25) is 0 Å². The molecule has 0 heterocycles. The Morgan fingerprint density at radius 3 is 1.44 bits per heavy atom. The van der Waals surface area contributed by atoms with Crippen LogP contribution in [-0.4, -0.2) is 15.5 Å². The average molecular weight is 480 g/mol. The molecule has 1 atom stereocenters. The minimum atomic E-state index is -1.67. The van der Waals surface area contributed by atoms with E-state index in [1.54, 1.807) is 5.56 Å². The Balaban J connectivity index is 0.00000364. The van der Waals surface area contributed by atoms with Crippen molar-refractivity contribution < 1.29 is 20.4 Å². The van der Waals surface area contributed by atoms with E-state index in [2.05, 4.69) is 120 Å². The van der Waals surface area contributed by atoms with Gasteiger partial charge in [-0.3, -0.25) is 0 Å². The van der Waals surface area contributed by atoms with Crippen LogP contribution in [0.15, 0.2) is 30.3 Å². The molecule has 1 aliphatic rings. The molecule has 0 fully saturated rings. The van der Waals surface area contributed by atoms with Crippen LogP contribution in [0.5, 0.6) is 0 Å². The van der Waals surface area contributed by atoms with E-state index in [0.29, 0.717) is 0 Å². The molecule has 0 saturated heterocycles. The van der Waals surface area contributed by atoms with Gasteiger partial charge in [-0.25, -0.2) is 0 Å². The van der Waals surface area contributed by atoms with Crippen LogP contribution in [0.1, 0.15) is 94.2 Å². The Morgan fingerprint density at radius 1 is 0.667 bits per heavy atom. The van der Waals surface area contributed by atoms with Crippen molar-refractivity contribution in [2.45, 2.75) is 104 Å². The first kappa shape index (κ1) is 25.1. The second-order valence-corrected chi connectivity index (χ2v) is 18.2. The zero-order valence-electron chi connectivity index (χ0n) is 19.7. The van der Waals surface area contributed by atoms with Crippen molar-refractivity contribution in [3.63, 3.8) is 0 Å². The summed E-state index contributed by atoms with van der Waals surface area (Å²) in [5, 5.41) is 0.723. The molecule has 0 spiro atoms. The van der Waals surface area contributed by atoms with E-state index in [0.717, 1.165) is 0 Å². The molecule has 0 nitrogen and oxygen atoms in total. The van der Waals surface area contributed by atoms with Crippen molar-refractivity contribution in [2.24, 2.45) is 5.41 Å². The molecule has 1 aromatic carbocycles. The third-order valence-electron chi connectivity index (χ3n) is 6.57. The number of hydrogen-bond acceptors (Lipinski definition) is 0. The van der Waals surface area contributed by atoms with E-state index in [1.165, 1.54) is 5.56 Å². The standard InChI is InChI=1S/C25H42P.Pd/c1-21(2,3)25(18-17-19-15-13-14-16-20(19)25)26(22(4,5)6,23(7,8)9)24(10,11)12;/h13-18H,1-12H3;/q+1;. The zero-order valence-corrected chi connectivity index (χ0v) is 22.2. The van der Waals surface area contributed by atoms with Crippen LogP contribution in [0.4, 0.5) is 0 Å². The first-order chi connectivity index (χ1) is 11.5. The summed E-state index contributed by atoms with van der Waals surface area (Å²) < 4.78 is 0. The van der Waals surface area contributed by atoms with E-state index in [1.807, 2.05) is 0 Å². The van der Waals surface area contributed by atoms with Gasteiger partial charge in [0.25, 0.3) is 0 Å². The van der Waals surface area contributed by atoms with Crippen molar-refractivity contribution in [2.75, 3.05) is 0 Å². The minimum Gasteiger partial charge on any atom is -0.0618 e. The molecule has 0 bridgehead atoms. The molecule has 0 aliphatic heterocycles. The van der Waals surface area contributed by atoms with Crippen LogP contribution < -0.4 is 0 Å². The Bertz CT molecular complexity index is 666. The molecule has 1 unspecified atom stereocenters. The summed E-state index contributed by atoms with van der Waals surface area (Å²) in [5.41, 5.74) is 3.11. The second kappa shape index (κ2) is 7.08. The Morgan fingerprint density at radius 2 is 1.07 bits per heavy atom. The predicted molar refractivity (Wildman–Crippen MR) is 123 cm³/mol. The molecule has 27 heavy (non-hydrogen) atoms. The molecule has 0 N–H and O–H groups in total. The number of fused-ring (bicyclic) bond motifs is 1. The van der Waals surface area contributed by atoms with Gasteiger partial charge in [-0.1, -0.05) is 51.1 Å². The van der Waals surface area contributed by atoms with E-state index in [4.69, 9.17) is 0 Å². The maximum absolute atomic E-state index is 2.62. The molecule has 0 amide bonds. The van der Waals surface area contributed by atoms with Crippen molar-refractivity contribution in [3.8, 4) is 0 Å². The molecular weight excluding hydrogens is 438 g/mol. The van der Waals surface area contributed by atoms with E-state index >= 15 is 0 Å². The quantitative estimate of drug-likeness (QED) is 0.280. The second-order valence-electron chi connectivity index (χ2n) is 12.1. The maximum atomic E-state index is 2.62. The normalized spacial score (nSPS) is 21.0. The number of hydrogen-bond donors (Lipinski definition) is 0. The van der Waals surface area contributed by atoms with Gasteiger partial charge in [0, 0.05) is 38.7 Å². The zero-order chi connectivity index (χ0) is 20.4. The summed E-state index contributed by atoms with van der Waals surface area (Å²) in [6, 6.07) is 9.16. The van der Waals surface area contributed by atoms with Gasteiger partial charge < -0.3 is 0 Å². The smallest absolute Gasteiger partial charge is 0.0618 e. The van der Waals surface area contributed by atoms with Gasteiger partial charge in [0.1, 0.15) is 5.16 Å². The van der Waals surface area contributed by atoms with Crippen molar-refractivity contribution in [1.82, 2.24) is 0 Å². The topological polar surface area (TPSA) is 0 Å². The predicted octanol–water partition coefficient (Wildman–Crippen LogP) is 8.37. The van der Waals surface area contributed by atoms with Crippen LogP contribution >= 0.6 is 7.26 Å². The fraction of sp³-hybridized carbons (Fsp3) is 0.680. The Hall–Kier alpha value is 0.0523. The van der Waals surface area contributed by atoms with E-state index in [-0.39, 0.29) is 46.5 Å². The molecular formula is C25H42PPd+. The van der Waals surface area contributed by atoms with Gasteiger partial charge in [0.2, 0.25) is 0 Å². The Labute approximate surface area is 184 Å². The first-order valence-corrected chi connectivity index (χ1v) is 11.9. The van der Waals surface area contributed by atoms with Crippen molar-refractivity contribution in [1.29, 1.82) is 0 Å². The summed E-state index contributed by atoms with van der Waals surface area (Å²) in [6.07, 6.45) is 5.03. The SMILES string of the molecule is CC(C)(C)C1([P+](C(C)(C)C)(C(C)(C)C)C(C)(C)C)C=Cc2ccccc21.[Pd]. The summed E-state index contributed by atoms with van der Waals surface area (Å²) in [5.74, 6) is 0. The van der Waals surface area contributed by atoms with Crippen LogP contribution in [-0.2, 0) is 25.6 Å². The fourth-order valence-electron chi connectivity index (χ4n) is 7.35. The molecule has 0 aromatic heterocycles. The maximum Gasteiger partial charge on any atom is 0.130 e. The van der Waals surface area contributed by atoms with Gasteiger partial charge >= 0.3 is 0 Å². The minimum absolute atomic E-state index is 0. The van der Waals surface area contributed by atoms with Crippen LogP contribution in [0.25, 0.3) is 6.08 Å².